The molecule has 6 aromatic rings. The largest absolute Gasteiger partial charge is 0.327 e. The van der Waals surface area contributed by atoms with E-state index in [0.717, 1.165) is 16.7 Å². The quantitative estimate of drug-likeness (QED) is 0.203. The molecule has 0 radical (unpaired) electrons. The van der Waals surface area contributed by atoms with Gasteiger partial charge in [0.15, 0.2) is 0 Å². The highest BCUT2D eigenvalue weighted by Crippen LogP contribution is 2.41. The van der Waals surface area contributed by atoms with Crippen LogP contribution in [-0.2, 0) is 7.05 Å². The first-order chi connectivity index (χ1) is 16.5. The number of hydrogen-bond acceptors (Lipinski definition) is 2. The number of imidazole rings is 1. The SMILES string of the molecule is CC(C)c1cccc(C(C)C)c1-c1nc2c3ccccc3c3cc4ccncc4cc3c2n1C. The van der Waals surface area contributed by atoms with Crippen LogP contribution in [0.2, 0.25) is 0 Å². The molecule has 0 N–H and O–H groups in total. The summed E-state index contributed by atoms with van der Waals surface area (Å²) >= 11 is 0. The lowest BCUT2D eigenvalue weighted by Gasteiger charge is -2.19. The summed E-state index contributed by atoms with van der Waals surface area (Å²) in [5, 5.41) is 7.30. The molecule has 0 amide bonds. The van der Waals surface area contributed by atoms with E-state index in [4.69, 9.17) is 4.98 Å². The van der Waals surface area contributed by atoms with E-state index in [1.54, 1.807) is 0 Å². The van der Waals surface area contributed by atoms with E-state index < -0.39 is 0 Å². The Morgan fingerprint density at radius 2 is 1.38 bits per heavy atom. The first-order valence-corrected chi connectivity index (χ1v) is 12.1. The van der Waals surface area contributed by atoms with Crippen molar-refractivity contribution in [3.05, 3.63) is 84.2 Å². The molecule has 2 aromatic heterocycles. The van der Waals surface area contributed by atoms with E-state index in [-0.39, 0.29) is 0 Å². The van der Waals surface area contributed by atoms with E-state index in [2.05, 4.69) is 105 Å². The minimum atomic E-state index is 0.414. The normalized spacial score (nSPS) is 12.2. The first-order valence-electron chi connectivity index (χ1n) is 12.1. The van der Waals surface area contributed by atoms with Gasteiger partial charge in [-0.15, -0.1) is 0 Å². The van der Waals surface area contributed by atoms with Crippen LogP contribution >= 0.6 is 0 Å². The van der Waals surface area contributed by atoms with E-state index in [9.17, 15) is 0 Å². The van der Waals surface area contributed by atoms with E-state index in [0.29, 0.717) is 11.8 Å². The molecule has 34 heavy (non-hydrogen) atoms. The number of aromatic nitrogens is 3. The molecule has 0 aliphatic carbocycles. The fourth-order valence-electron chi connectivity index (χ4n) is 5.51. The Kier molecular flexibility index (Phi) is 4.70. The maximum absolute atomic E-state index is 5.37. The lowest BCUT2D eigenvalue weighted by atomic mass is 9.88. The summed E-state index contributed by atoms with van der Waals surface area (Å²) < 4.78 is 2.32. The van der Waals surface area contributed by atoms with E-state index in [1.807, 2.05) is 12.4 Å². The number of aryl methyl sites for hydroxylation is 1. The first kappa shape index (κ1) is 20.9. The second-order valence-corrected chi connectivity index (χ2v) is 9.98. The molecule has 0 saturated carbocycles. The van der Waals surface area contributed by atoms with Crippen molar-refractivity contribution < 1.29 is 0 Å². The van der Waals surface area contributed by atoms with Gasteiger partial charge >= 0.3 is 0 Å². The fourth-order valence-corrected chi connectivity index (χ4v) is 5.51. The molecular formula is C31H29N3. The predicted molar refractivity (Wildman–Crippen MR) is 145 cm³/mol. The van der Waals surface area contributed by atoms with Gasteiger partial charge in [0.1, 0.15) is 5.82 Å². The van der Waals surface area contributed by atoms with Gasteiger partial charge in [-0.3, -0.25) is 4.98 Å². The number of fused-ring (bicyclic) bond motifs is 7. The second kappa shape index (κ2) is 7.66. The highest BCUT2D eigenvalue weighted by atomic mass is 15.1. The summed E-state index contributed by atoms with van der Waals surface area (Å²) in [5.74, 6) is 1.88. The van der Waals surface area contributed by atoms with Crippen LogP contribution in [0.4, 0.5) is 0 Å². The standard InChI is InChI=1S/C31H29N3/c1-18(2)22-11-8-12-23(19(3)4)28(22)31-33-29-25-10-7-6-9-24(25)26-15-20-13-14-32-17-21(20)16-27(26)30(29)34(31)5/h6-19H,1-5H3. The third-order valence-corrected chi connectivity index (χ3v) is 7.20. The smallest absolute Gasteiger partial charge is 0.141 e. The lowest BCUT2D eigenvalue weighted by Crippen LogP contribution is -2.04. The fraction of sp³-hybridized carbons (Fsp3) is 0.226. The van der Waals surface area contributed by atoms with Crippen molar-refractivity contribution in [1.82, 2.24) is 14.5 Å². The van der Waals surface area contributed by atoms with Crippen LogP contribution in [0.3, 0.4) is 0 Å². The van der Waals surface area contributed by atoms with Crippen LogP contribution in [0.1, 0.15) is 50.7 Å². The molecule has 2 heterocycles. The number of hydrogen-bond donors (Lipinski definition) is 0. The van der Waals surface area contributed by atoms with Gasteiger partial charge in [0.2, 0.25) is 0 Å². The van der Waals surface area contributed by atoms with Crippen molar-refractivity contribution in [2.24, 2.45) is 7.05 Å². The Hall–Kier alpha value is -3.72. The maximum Gasteiger partial charge on any atom is 0.141 e. The molecule has 0 atom stereocenters. The molecule has 3 heteroatoms. The van der Waals surface area contributed by atoms with Crippen molar-refractivity contribution in [3.63, 3.8) is 0 Å². The van der Waals surface area contributed by atoms with Crippen molar-refractivity contribution in [2.45, 2.75) is 39.5 Å². The zero-order valence-corrected chi connectivity index (χ0v) is 20.4. The third kappa shape index (κ3) is 2.96. The third-order valence-electron chi connectivity index (χ3n) is 7.20. The second-order valence-electron chi connectivity index (χ2n) is 9.98. The zero-order chi connectivity index (χ0) is 23.6. The van der Waals surface area contributed by atoms with Gasteiger partial charge in [-0.05, 0) is 57.3 Å². The molecule has 0 fully saturated rings. The molecule has 0 aliphatic heterocycles. The summed E-state index contributed by atoms with van der Waals surface area (Å²) in [5.41, 5.74) is 6.24. The molecule has 6 rings (SSSR count). The Bertz CT molecular complexity index is 1690. The average Bonchev–Trinajstić information content (AvgIpc) is 3.19. The van der Waals surface area contributed by atoms with Gasteiger partial charge in [0, 0.05) is 41.2 Å². The minimum Gasteiger partial charge on any atom is -0.327 e. The molecule has 0 saturated heterocycles. The van der Waals surface area contributed by atoms with Crippen LogP contribution in [0.25, 0.3) is 54.7 Å². The van der Waals surface area contributed by atoms with Crippen LogP contribution in [0, 0.1) is 0 Å². The predicted octanol–water partition coefficient (Wildman–Crippen LogP) is 8.34. The number of pyridine rings is 1. The van der Waals surface area contributed by atoms with Crippen molar-refractivity contribution in [1.29, 1.82) is 0 Å². The molecular weight excluding hydrogens is 414 g/mol. The van der Waals surface area contributed by atoms with Crippen molar-refractivity contribution in [3.8, 4) is 11.4 Å². The Balaban J connectivity index is 1.83. The van der Waals surface area contributed by atoms with Crippen molar-refractivity contribution in [2.75, 3.05) is 0 Å². The molecule has 0 unspecified atom stereocenters. The van der Waals surface area contributed by atoms with E-state index in [1.165, 1.54) is 49.1 Å². The zero-order valence-electron chi connectivity index (χ0n) is 20.4. The Morgan fingerprint density at radius 1 is 0.706 bits per heavy atom. The molecule has 0 spiro atoms. The summed E-state index contributed by atoms with van der Waals surface area (Å²) in [6.07, 6.45) is 3.82. The van der Waals surface area contributed by atoms with Gasteiger partial charge in [-0.25, -0.2) is 4.98 Å². The summed E-state index contributed by atoms with van der Waals surface area (Å²) in [6, 6.07) is 22.1. The lowest BCUT2D eigenvalue weighted by molar-refractivity contribution is 0.828. The average molecular weight is 444 g/mol. The van der Waals surface area contributed by atoms with Gasteiger partial charge in [-0.2, -0.15) is 0 Å². The van der Waals surface area contributed by atoms with Crippen LogP contribution in [0.5, 0.6) is 0 Å². The molecule has 0 aliphatic rings. The number of nitrogens with zero attached hydrogens (tertiary/aromatic N) is 3. The molecule has 4 aromatic carbocycles. The molecule has 0 bridgehead atoms. The summed E-state index contributed by atoms with van der Waals surface area (Å²) in [7, 11) is 2.17. The van der Waals surface area contributed by atoms with Gasteiger partial charge in [0.25, 0.3) is 0 Å². The maximum atomic E-state index is 5.37. The van der Waals surface area contributed by atoms with Gasteiger partial charge < -0.3 is 4.57 Å². The number of rotatable bonds is 3. The van der Waals surface area contributed by atoms with Gasteiger partial charge in [-0.1, -0.05) is 70.2 Å². The van der Waals surface area contributed by atoms with E-state index >= 15 is 0 Å². The molecule has 168 valence electrons. The highest BCUT2D eigenvalue weighted by Gasteiger charge is 2.22. The Labute approximate surface area is 200 Å². The topological polar surface area (TPSA) is 30.7 Å². The Morgan fingerprint density at radius 3 is 2.09 bits per heavy atom. The van der Waals surface area contributed by atoms with Crippen LogP contribution in [0.15, 0.2) is 73.1 Å². The van der Waals surface area contributed by atoms with Crippen LogP contribution < -0.4 is 0 Å². The monoisotopic (exact) mass is 443 g/mol. The summed E-state index contributed by atoms with van der Waals surface area (Å²) in [4.78, 5) is 9.75. The van der Waals surface area contributed by atoms with Gasteiger partial charge in [0.05, 0.1) is 11.0 Å². The summed E-state index contributed by atoms with van der Waals surface area (Å²) in [6.45, 7) is 9.09. The minimum absolute atomic E-state index is 0.414. The van der Waals surface area contributed by atoms with Crippen molar-refractivity contribution >= 4 is 43.4 Å². The highest BCUT2D eigenvalue weighted by molar-refractivity contribution is 6.25. The van der Waals surface area contributed by atoms with Crippen LogP contribution in [-0.4, -0.2) is 14.5 Å². The number of benzene rings is 4. The molecule has 3 nitrogen and oxygen atoms in total.